The third kappa shape index (κ3) is 2.23. The second-order valence-corrected chi connectivity index (χ2v) is 6.00. The SMILES string of the molecule is Cc1ccc(-c2cnnn2-c2ccc3[nH]c(C)c(C)c3c2)cc1. The first-order chi connectivity index (χ1) is 11.1. The van der Waals surface area contributed by atoms with Crippen molar-refractivity contribution in [2.75, 3.05) is 0 Å². The van der Waals surface area contributed by atoms with Crippen molar-refractivity contribution in [2.45, 2.75) is 20.8 Å². The average molecular weight is 302 g/mol. The topological polar surface area (TPSA) is 46.5 Å². The van der Waals surface area contributed by atoms with E-state index in [0.29, 0.717) is 0 Å². The van der Waals surface area contributed by atoms with E-state index < -0.39 is 0 Å². The molecule has 0 amide bonds. The van der Waals surface area contributed by atoms with Crippen LogP contribution in [0.1, 0.15) is 16.8 Å². The van der Waals surface area contributed by atoms with Crippen molar-refractivity contribution in [3.8, 4) is 16.9 Å². The molecule has 114 valence electrons. The number of hydrogen-bond donors (Lipinski definition) is 1. The molecule has 0 unspecified atom stereocenters. The van der Waals surface area contributed by atoms with Crippen molar-refractivity contribution in [3.05, 3.63) is 65.5 Å². The Labute approximate surface area is 134 Å². The highest BCUT2D eigenvalue weighted by molar-refractivity contribution is 5.86. The molecule has 0 radical (unpaired) electrons. The zero-order chi connectivity index (χ0) is 16.0. The van der Waals surface area contributed by atoms with E-state index in [1.165, 1.54) is 22.2 Å². The molecule has 4 nitrogen and oxygen atoms in total. The number of aromatic amines is 1. The summed E-state index contributed by atoms with van der Waals surface area (Å²) in [5.41, 5.74) is 8.01. The van der Waals surface area contributed by atoms with Crippen molar-refractivity contribution >= 4 is 10.9 Å². The first kappa shape index (κ1) is 13.8. The molecule has 0 saturated carbocycles. The van der Waals surface area contributed by atoms with Gasteiger partial charge in [0, 0.05) is 22.2 Å². The summed E-state index contributed by atoms with van der Waals surface area (Å²) in [4.78, 5) is 3.41. The molecule has 0 spiro atoms. The molecule has 0 aliphatic carbocycles. The largest absolute Gasteiger partial charge is 0.358 e. The van der Waals surface area contributed by atoms with Gasteiger partial charge in [-0.05, 0) is 44.5 Å². The summed E-state index contributed by atoms with van der Waals surface area (Å²) in [6.45, 7) is 6.33. The van der Waals surface area contributed by atoms with Crippen LogP contribution >= 0.6 is 0 Å². The van der Waals surface area contributed by atoms with Crippen LogP contribution in [-0.2, 0) is 0 Å². The maximum atomic E-state index is 4.28. The van der Waals surface area contributed by atoms with Crippen molar-refractivity contribution < 1.29 is 0 Å². The quantitative estimate of drug-likeness (QED) is 0.598. The van der Waals surface area contributed by atoms with Crippen LogP contribution < -0.4 is 0 Å². The maximum absolute atomic E-state index is 4.28. The second kappa shape index (κ2) is 5.09. The Balaban J connectivity index is 1.87. The van der Waals surface area contributed by atoms with E-state index in [1.807, 2.05) is 10.9 Å². The molecule has 0 fully saturated rings. The number of hydrogen-bond acceptors (Lipinski definition) is 2. The predicted molar refractivity (Wildman–Crippen MR) is 92.9 cm³/mol. The maximum Gasteiger partial charge on any atom is 0.0944 e. The smallest absolute Gasteiger partial charge is 0.0944 e. The summed E-state index contributed by atoms with van der Waals surface area (Å²) in [5, 5.41) is 9.62. The molecule has 4 heteroatoms. The lowest BCUT2D eigenvalue weighted by molar-refractivity contribution is 0.809. The van der Waals surface area contributed by atoms with Gasteiger partial charge in [-0.15, -0.1) is 5.10 Å². The third-order valence-electron chi connectivity index (χ3n) is 4.43. The van der Waals surface area contributed by atoms with Gasteiger partial charge in [0.2, 0.25) is 0 Å². The number of aromatic nitrogens is 4. The molecule has 1 N–H and O–H groups in total. The molecular weight excluding hydrogens is 284 g/mol. The fourth-order valence-electron chi connectivity index (χ4n) is 2.93. The number of benzene rings is 2. The van der Waals surface area contributed by atoms with E-state index >= 15 is 0 Å². The first-order valence-corrected chi connectivity index (χ1v) is 7.70. The predicted octanol–water partition coefficient (Wildman–Crippen LogP) is 4.34. The summed E-state index contributed by atoms with van der Waals surface area (Å²) < 4.78 is 1.89. The normalized spacial score (nSPS) is 11.3. The molecule has 2 aromatic carbocycles. The monoisotopic (exact) mass is 302 g/mol. The fourth-order valence-corrected chi connectivity index (χ4v) is 2.93. The number of nitrogens with one attached hydrogen (secondary N) is 1. The minimum atomic E-state index is 0.995. The zero-order valence-corrected chi connectivity index (χ0v) is 13.5. The number of rotatable bonds is 2. The van der Waals surface area contributed by atoms with Gasteiger partial charge in [-0.1, -0.05) is 35.0 Å². The van der Waals surface area contributed by atoms with Crippen molar-refractivity contribution in [2.24, 2.45) is 0 Å². The van der Waals surface area contributed by atoms with Gasteiger partial charge in [0.05, 0.1) is 17.6 Å². The summed E-state index contributed by atoms with van der Waals surface area (Å²) in [5.74, 6) is 0. The molecule has 0 aliphatic heterocycles. The minimum Gasteiger partial charge on any atom is -0.358 e. The lowest BCUT2D eigenvalue weighted by atomic mass is 10.1. The molecular formula is C19H18N4. The van der Waals surface area contributed by atoms with Gasteiger partial charge in [-0.2, -0.15) is 0 Å². The number of fused-ring (bicyclic) bond motifs is 1. The Hall–Kier alpha value is -2.88. The van der Waals surface area contributed by atoms with E-state index in [2.05, 4.69) is 78.5 Å². The van der Waals surface area contributed by atoms with E-state index in [4.69, 9.17) is 0 Å². The zero-order valence-electron chi connectivity index (χ0n) is 13.5. The summed E-state index contributed by atoms with van der Waals surface area (Å²) >= 11 is 0. The van der Waals surface area contributed by atoms with Crippen LogP contribution in [0.15, 0.2) is 48.7 Å². The van der Waals surface area contributed by atoms with Gasteiger partial charge in [0.15, 0.2) is 0 Å². The van der Waals surface area contributed by atoms with Gasteiger partial charge >= 0.3 is 0 Å². The molecule has 4 aromatic rings. The molecule has 0 aliphatic rings. The molecule has 2 aromatic heterocycles. The molecule has 0 saturated heterocycles. The number of nitrogens with zero attached hydrogens (tertiary/aromatic N) is 3. The van der Waals surface area contributed by atoms with Crippen LogP contribution in [-0.4, -0.2) is 20.0 Å². The van der Waals surface area contributed by atoms with Gasteiger partial charge in [0.25, 0.3) is 0 Å². The first-order valence-electron chi connectivity index (χ1n) is 7.70. The van der Waals surface area contributed by atoms with Gasteiger partial charge < -0.3 is 4.98 Å². The van der Waals surface area contributed by atoms with Crippen LogP contribution in [0.4, 0.5) is 0 Å². The van der Waals surface area contributed by atoms with Crippen LogP contribution in [0, 0.1) is 20.8 Å². The molecule has 4 rings (SSSR count). The summed E-state index contributed by atoms with van der Waals surface area (Å²) in [6.07, 6.45) is 1.81. The van der Waals surface area contributed by atoms with Crippen molar-refractivity contribution in [1.29, 1.82) is 0 Å². The Kier molecular flexibility index (Phi) is 3.05. The van der Waals surface area contributed by atoms with Crippen LogP contribution in [0.3, 0.4) is 0 Å². The summed E-state index contributed by atoms with van der Waals surface area (Å²) in [6, 6.07) is 14.8. The lowest BCUT2D eigenvalue weighted by Crippen LogP contribution is -1.99. The highest BCUT2D eigenvalue weighted by Crippen LogP contribution is 2.26. The number of H-pyrrole nitrogens is 1. The Bertz CT molecular complexity index is 990. The van der Waals surface area contributed by atoms with Crippen LogP contribution in [0.25, 0.3) is 27.8 Å². The van der Waals surface area contributed by atoms with Crippen molar-refractivity contribution in [1.82, 2.24) is 20.0 Å². The van der Waals surface area contributed by atoms with Gasteiger partial charge in [-0.3, -0.25) is 0 Å². The van der Waals surface area contributed by atoms with Gasteiger partial charge in [0.1, 0.15) is 0 Å². The molecule has 0 bridgehead atoms. The lowest BCUT2D eigenvalue weighted by Gasteiger charge is -2.07. The van der Waals surface area contributed by atoms with E-state index in [0.717, 1.165) is 22.5 Å². The number of aryl methyl sites for hydroxylation is 3. The van der Waals surface area contributed by atoms with E-state index in [1.54, 1.807) is 0 Å². The summed E-state index contributed by atoms with van der Waals surface area (Å²) in [7, 11) is 0. The van der Waals surface area contributed by atoms with Crippen molar-refractivity contribution in [3.63, 3.8) is 0 Å². The molecule has 2 heterocycles. The molecule has 0 atom stereocenters. The standard InChI is InChI=1S/C19H18N4/c1-12-4-6-15(7-5-12)19-11-20-22-23(19)16-8-9-18-17(10-16)13(2)14(3)21-18/h4-11,21H,1-3H3. The highest BCUT2D eigenvalue weighted by atomic mass is 15.4. The van der Waals surface area contributed by atoms with Gasteiger partial charge in [-0.25, -0.2) is 4.68 Å². The Morgan fingerprint density at radius 1 is 0.957 bits per heavy atom. The third-order valence-corrected chi connectivity index (χ3v) is 4.43. The highest BCUT2D eigenvalue weighted by Gasteiger charge is 2.11. The minimum absolute atomic E-state index is 0.995. The Morgan fingerprint density at radius 2 is 1.74 bits per heavy atom. The average Bonchev–Trinajstić information content (AvgIpc) is 3.14. The van der Waals surface area contributed by atoms with Crippen LogP contribution in [0.5, 0.6) is 0 Å². The van der Waals surface area contributed by atoms with E-state index in [9.17, 15) is 0 Å². The Morgan fingerprint density at radius 3 is 2.52 bits per heavy atom. The van der Waals surface area contributed by atoms with E-state index in [-0.39, 0.29) is 0 Å². The second-order valence-electron chi connectivity index (χ2n) is 6.00. The van der Waals surface area contributed by atoms with Crippen LogP contribution in [0.2, 0.25) is 0 Å². The molecule has 23 heavy (non-hydrogen) atoms. The fraction of sp³-hybridized carbons (Fsp3) is 0.158.